The summed E-state index contributed by atoms with van der Waals surface area (Å²) in [6.07, 6.45) is 3.55. The highest BCUT2D eigenvalue weighted by molar-refractivity contribution is 5.88. The third-order valence-electron chi connectivity index (χ3n) is 16.5. The van der Waals surface area contributed by atoms with Crippen LogP contribution in [0.3, 0.4) is 0 Å². The van der Waals surface area contributed by atoms with Crippen LogP contribution in [0.5, 0.6) is 23.0 Å². The van der Waals surface area contributed by atoms with Crippen molar-refractivity contribution < 1.29 is 28.5 Å². The fourth-order valence-corrected chi connectivity index (χ4v) is 12.0. The Morgan fingerprint density at radius 2 is 0.988 bits per heavy atom. The Hall–Kier alpha value is -7.91. The molecule has 432 valence electrons. The van der Waals surface area contributed by atoms with Crippen molar-refractivity contribution in [2.45, 2.75) is 104 Å². The van der Waals surface area contributed by atoms with Gasteiger partial charge in [0.15, 0.2) is 23.0 Å². The number of piperidine rings is 2. The van der Waals surface area contributed by atoms with Gasteiger partial charge in [-0.05, 0) is 154 Å². The van der Waals surface area contributed by atoms with Gasteiger partial charge in [-0.2, -0.15) is 0 Å². The molecule has 4 aliphatic heterocycles. The maximum atomic E-state index is 13.5. The monoisotopic (exact) mass is 1120 g/mol. The van der Waals surface area contributed by atoms with Gasteiger partial charge in [0.05, 0.1) is 11.0 Å². The van der Waals surface area contributed by atoms with E-state index < -0.39 is 5.60 Å². The van der Waals surface area contributed by atoms with Gasteiger partial charge in [-0.1, -0.05) is 97.1 Å². The quantitative estimate of drug-likeness (QED) is 0.112. The van der Waals surface area contributed by atoms with Crippen LogP contribution in [-0.4, -0.2) is 113 Å². The van der Waals surface area contributed by atoms with Crippen molar-refractivity contribution in [1.82, 2.24) is 29.2 Å². The molecular formula is C69H78N6O8. The highest BCUT2D eigenvalue weighted by Gasteiger charge is 2.32. The van der Waals surface area contributed by atoms with Gasteiger partial charge < -0.3 is 52.8 Å². The largest absolute Gasteiger partial charge is 0.486 e. The van der Waals surface area contributed by atoms with E-state index >= 15 is 0 Å². The molecule has 2 fully saturated rings. The van der Waals surface area contributed by atoms with Crippen LogP contribution in [0.15, 0.2) is 155 Å². The number of aryl methyl sites for hydroxylation is 2. The van der Waals surface area contributed by atoms with Crippen LogP contribution < -0.4 is 35.4 Å². The zero-order valence-corrected chi connectivity index (χ0v) is 48.7. The van der Waals surface area contributed by atoms with Crippen molar-refractivity contribution in [3.8, 4) is 45.3 Å². The lowest BCUT2D eigenvalue weighted by Crippen LogP contribution is -2.49. The summed E-state index contributed by atoms with van der Waals surface area (Å²) < 4.78 is 32.6. The zero-order chi connectivity index (χ0) is 57.5. The minimum absolute atomic E-state index is 0.0237. The molecule has 0 unspecified atom stereocenters. The normalized spacial score (nSPS) is 15.9. The second kappa shape index (κ2) is 25.7. The highest BCUT2D eigenvalue weighted by Crippen LogP contribution is 2.34. The number of likely N-dealkylation sites (tertiary alicyclic amines) is 2. The summed E-state index contributed by atoms with van der Waals surface area (Å²) >= 11 is 0. The van der Waals surface area contributed by atoms with E-state index in [2.05, 4.69) is 100 Å². The molecule has 14 heteroatoms. The Labute approximate surface area is 487 Å². The second-order valence-corrected chi connectivity index (χ2v) is 23.5. The van der Waals surface area contributed by atoms with Crippen LogP contribution in [0.2, 0.25) is 0 Å². The number of rotatable bonds is 14. The first-order valence-electron chi connectivity index (χ1n) is 29.6. The molecular weight excluding hydrogens is 1040 g/mol. The third kappa shape index (κ3) is 14.0. The topological polar surface area (TPSA) is 129 Å². The summed E-state index contributed by atoms with van der Waals surface area (Å²) in [6.45, 7) is 19.9. The smallest absolute Gasteiger partial charge is 0.410 e. The standard InChI is InChI=1S/C37H43N3O5.C32H35N3O3/c1-26-22-35(41)39(32-24-29(11-12-31(26)32)28-8-6-5-7-9-28)19-18-38-16-14-30(15-17-38)40(36(42)45-37(2,3)4)25-27-10-13-33-34(23-27)44-21-20-43-33;1-23-19-32(36)35(29-21-26(8-9-28(23)29)25-5-3-2-4-6-25)16-15-34-13-11-27(12-14-34)33-22-24-7-10-30-31(20-24)38-18-17-37-30/h5-13,22-24,30H,14-21,25H2,1-4H3;2-10,19-21,27,33H,11-18,22H2,1H3. The summed E-state index contributed by atoms with van der Waals surface area (Å²) in [5.74, 6) is 3.14. The second-order valence-electron chi connectivity index (χ2n) is 23.5. The van der Waals surface area contributed by atoms with E-state index in [-0.39, 0.29) is 23.3 Å². The highest BCUT2D eigenvalue weighted by atomic mass is 16.6. The van der Waals surface area contributed by atoms with Crippen LogP contribution in [-0.2, 0) is 30.9 Å². The molecule has 4 aliphatic rings. The van der Waals surface area contributed by atoms with E-state index in [0.29, 0.717) is 57.9 Å². The van der Waals surface area contributed by atoms with Gasteiger partial charge in [0, 0.05) is 87.3 Å². The van der Waals surface area contributed by atoms with Crippen LogP contribution >= 0.6 is 0 Å². The number of hydrogen-bond acceptors (Lipinski definition) is 11. The maximum absolute atomic E-state index is 13.5. The fourth-order valence-electron chi connectivity index (χ4n) is 12.0. The Kier molecular flexibility index (Phi) is 17.6. The lowest BCUT2D eigenvalue weighted by Gasteiger charge is -2.39. The van der Waals surface area contributed by atoms with Crippen molar-refractivity contribution in [2.24, 2.45) is 0 Å². The van der Waals surface area contributed by atoms with Gasteiger partial charge in [-0.15, -0.1) is 0 Å². The SMILES string of the molecule is Cc1cc(=O)n(CCN2CCC(N(Cc3ccc4c(c3)OCCO4)C(=O)OC(C)(C)C)CC2)c2cc(-c3ccccc3)ccc12.Cc1cc(=O)n(CCN2CCC(NCc3ccc4c(c3)OCCO4)CC2)c2cc(-c3ccccc3)ccc12. The fraction of sp³-hybridized carbons (Fsp3) is 0.377. The molecule has 12 rings (SSSR count). The van der Waals surface area contributed by atoms with Crippen molar-refractivity contribution in [3.05, 3.63) is 189 Å². The average Bonchev–Trinajstić information content (AvgIpc) is 3.51. The molecule has 1 amide bonds. The number of hydrogen-bond donors (Lipinski definition) is 1. The number of ether oxygens (including phenoxy) is 5. The maximum Gasteiger partial charge on any atom is 0.410 e. The number of benzene rings is 6. The van der Waals surface area contributed by atoms with Gasteiger partial charge in [0.25, 0.3) is 11.1 Å². The predicted molar refractivity (Wildman–Crippen MR) is 329 cm³/mol. The third-order valence-corrected chi connectivity index (χ3v) is 16.5. The molecule has 0 saturated carbocycles. The molecule has 83 heavy (non-hydrogen) atoms. The van der Waals surface area contributed by atoms with E-state index in [1.54, 1.807) is 12.1 Å². The molecule has 6 aromatic carbocycles. The van der Waals surface area contributed by atoms with E-state index in [0.717, 1.165) is 144 Å². The van der Waals surface area contributed by atoms with Gasteiger partial charge in [-0.25, -0.2) is 4.79 Å². The number of amides is 1. The van der Waals surface area contributed by atoms with Crippen LogP contribution in [0.1, 0.15) is 68.7 Å². The first-order chi connectivity index (χ1) is 40.3. The number of pyridine rings is 2. The Balaban J connectivity index is 0.000000176. The van der Waals surface area contributed by atoms with Crippen LogP contribution in [0.4, 0.5) is 4.79 Å². The molecule has 8 aromatic rings. The number of nitrogens with zero attached hydrogens (tertiary/aromatic N) is 5. The van der Waals surface area contributed by atoms with E-state index in [1.165, 1.54) is 11.1 Å². The summed E-state index contributed by atoms with van der Waals surface area (Å²) in [4.78, 5) is 46.5. The van der Waals surface area contributed by atoms with Crippen molar-refractivity contribution in [3.63, 3.8) is 0 Å². The van der Waals surface area contributed by atoms with Gasteiger partial charge in [0.2, 0.25) is 0 Å². The summed E-state index contributed by atoms with van der Waals surface area (Å²) in [5, 5.41) is 5.96. The Morgan fingerprint density at radius 3 is 1.48 bits per heavy atom. The van der Waals surface area contributed by atoms with E-state index in [9.17, 15) is 14.4 Å². The minimum atomic E-state index is -0.590. The van der Waals surface area contributed by atoms with E-state index in [4.69, 9.17) is 23.7 Å². The lowest BCUT2D eigenvalue weighted by atomic mass is 10.0. The Bertz CT molecular complexity index is 3670. The number of carbonyl (C=O) groups is 1. The van der Waals surface area contributed by atoms with Crippen LogP contribution in [0, 0.1) is 13.8 Å². The minimum Gasteiger partial charge on any atom is -0.486 e. The number of fused-ring (bicyclic) bond motifs is 4. The first-order valence-corrected chi connectivity index (χ1v) is 29.6. The van der Waals surface area contributed by atoms with Gasteiger partial charge in [0.1, 0.15) is 32.0 Å². The molecule has 2 saturated heterocycles. The molecule has 0 radical (unpaired) electrons. The molecule has 1 N–H and O–H groups in total. The first kappa shape index (κ1) is 56.9. The zero-order valence-electron chi connectivity index (χ0n) is 48.7. The molecule has 0 bridgehead atoms. The Morgan fingerprint density at radius 1 is 0.530 bits per heavy atom. The number of aromatic nitrogens is 2. The number of carbonyl (C=O) groups excluding carboxylic acids is 1. The molecule has 6 heterocycles. The molecule has 14 nitrogen and oxygen atoms in total. The van der Waals surface area contributed by atoms with Crippen molar-refractivity contribution >= 4 is 27.9 Å². The lowest BCUT2D eigenvalue weighted by molar-refractivity contribution is 0.00561. The summed E-state index contributed by atoms with van der Waals surface area (Å²) in [7, 11) is 0. The molecule has 2 aromatic heterocycles. The molecule has 0 spiro atoms. The summed E-state index contributed by atoms with van der Waals surface area (Å²) in [5.41, 5.74) is 10.3. The van der Waals surface area contributed by atoms with Crippen molar-refractivity contribution in [2.75, 3.05) is 65.7 Å². The van der Waals surface area contributed by atoms with Gasteiger partial charge in [-0.3, -0.25) is 9.59 Å². The van der Waals surface area contributed by atoms with E-state index in [1.807, 2.05) is 97.2 Å². The predicted octanol–water partition coefficient (Wildman–Crippen LogP) is 11.7. The molecule has 0 aliphatic carbocycles. The average molecular weight is 1120 g/mol. The van der Waals surface area contributed by atoms with Crippen LogP contribution in [0.25, 0.3) is 44.1 Å². The summed E-state index contributed by atoms with van der Waals surface area (Å²) in [6, 6.07) is 49.7. The van der Waals surface area contributed by atoms with Gasteiger partial charge >= 0.3 is 6.09 Å². The molecule has 0 atom stereocenters. The number of nitrogens with one attached hydrogen (secondary N) is 1. The van der Waals surface area contributed by atoms with Crippen molar-refractivity contribution in [1.29, 1.82) is 0 Å².